The van der Waals surface area contributed by atoms with Gasteiger partial charge in [-0.25, -0.2) is 14.6 Å². The third kappa shape index (κ3) is 5.51. The molecule has 0 amide bonds. The first kappa shape index (κ1) is 22.8. The SMILES string of the molecule is O=C(/C=C/c1cccc([N+](=O)[O-])c1)Oc1ccc(Br)cc1/C=C1\N=C(c2ccccc2)OC1=O. The average Bonchev–Trinajstić information content (AvgIpc) is 3.20. The topological polar surface area (TPSA) is 108 Å². The molecular weight excluding hydrogens is 504 g/mol. The predicted octanol–water partition coefficient (Wildman–Crippen LogP) is 5.32. The minimum absolute atomic E-state index is 0.0568. The van der Waals surface area contributed by atoms with Crippen LogP contribution in [-0.2, 0) is 14.3 Å². The summed E-state index contributed by atoms with van der Waals surface area (Å²) in [6.07, 6.45) is 4.04. The molecule has 0 aromatic heterocycles. The maximum absolute atomic E-state index is 12.4. The summed E-state index contributed by atoms with van der Waals surface area (Å²) in [6, 6.07) is 19.8. The van der Waals surface area contributed by atoms with Gasteiger partial charge >= 0.3 is 11.9 Å². The van der Waals surface area contributed by atoms with E-state index in [4.69, 9.17) is 9.47 Å². The van der Waals surface area contributed by atoms with Crippen LogP contribution in [0, 0.1) is 10.1 Å². The molecule has 0 bridgehead atoms. The van der Waals surface area contributed by atoms with E-state index < -0.39 is 16.9 Å². The molecule has 0 fully saturated rings. The number of halogens is 1. The summed E-state index contributed by atoms with van der Waals surface area (Å²) in [5, 5.41) is 10.9. The van der Waals surface area contributed by atoms with Crippen molar-refractivity contribution in [3.8, 4) is 5.75 Å². The normalized spacial score (nSPS) is 14.2. The highest BCUT2D eigenvalue weighted by Crippen LogP contribution is 2.28. The van der Waals surface area contributed by atoms with Gasteiger partial charge in [-0.2, -0.15) is 0 Å². The summed E-state index contributed by atoms with van der Waals surface area (Å²) in [5.41, 5.74) is 1.53. The van der Waals surface area contributed by atoms with Crippen molar-refractivity contribution >= 4 is 51.6 Å². The molecular formula is C25H15BrN2O6. The van der Waals surface area contributed by atoms with Crippen molar-refractivity contribution in [2.45, 2.75) is 0 Å². The Morgan fingerprint density at radius 3 is 2.62 bits per heavy atom. The molecule has 0 aliphatic carbocycles. The maximum Gasteiger partial charge on any atom is 0.363 e. The number of cyclic esters (lactones) is 1. The molecule has 0 spiro atoms. The van der Waals surface area contributed by atoms with E-state index in [1.54, 1.807) is 48.5 Å². The van der Waals surface area contributed by atoms with Crippen molar-refractivity contribution in [3.63, 3.8) is 0 Å². The Hall–Kier alpha value is -4.37. The molecule has 168 valence electrons. The summed E-state index contributed by atoms with van der Waals surface area (Å²) in [5.74, 6) is -0.941. The van der Waals surface area contributed by atoms with Crippen LogP contribution in [0.3, 0.4) is 0 Å². The monoisotopic (exact) mass is 518 g/mol. The zero-order valence-electron chi connectivity index (χ0n) is 17.4. The lowest BCUT2D eigenvalue weighted by Gasteiger charge is -2.06. The molecule has 34 heavy (non-hydrogen) atoms. The van der Waals surface area contributed by atoms with Crippen molar-refractivity contribution in [3.05, 3.63) is 116 Å². The highest BCUT2D eigenvalue weighted by Gasteiger charge is 2.24. The van der Waals surface area contributed by atoms with E-state index in [-0.39, 0.29) is 23.0 Å². The number of nitrogens with zero attached hydrogens (tertiary/aromatic N) is 2. The summed E-state index contributed by atoms with van der Waals surface area (Å²) in [7, 11) is 0. The largest absolute Gasteiger partial charge is 0.423 e. The van der Waals surface area contributed by atoms with E-state index in [9.17, 15) is 19.7 Å². The average molecular weight is 519 g/mol. The summed E-state index contributed by atoms with van der Waals surface area (Å²) < 4.78 is 11.4. The van der Waals surface area contributed by atoms with Crippen LogP contribution in [-0.4, -0.2) is 22.8 Å². The van der Waals surface area contributed by atoms with Crippen molar-refractivity contribution in [1.82, 2.24) is 0 Å². The molecule has 3 aromatic carbocycles. The minimum Gasteiger partial charge on any atom is -0.423 e. The number of aliphatic imine (C=N–C) groups is 1. The van der Waals surface area contributed by atoms with Gasteiger partial charge in [0.1, 0.15) is 5.75 Å². The van der Waals surface area contributed by atoms with Gasteiger partial charge in [0.15, 0.2) is 5.70 Å². The number of nitro groups is 1. The third-order valence-corrected chi connectivity index (χ3v) is 5.10. The van der Waals surface area contributed by atoms with Gasteiger partial charge in [-0.15, -0.1) is 0 Å². The Morgan fingerprint density at radius 2 is 1.85 bits per heavy atom. The van der Waals surface area contributed by atoms with Gasteiger partial charge in [-0.1, -0.05) is 46.3 Å². The van der Waals surface area contributed by atoms with E-state index >= 15 is 0 Å². The standard InChI is InChI=1S/C25H15BrN2O6/c26-19-10-11-22(33-23(29)12-9-16-5-4-8-20(13-16)28(31)32)18(14-19)15-21-25(30)34-24(27-21)17-6-2-1-3-7-17/h1-15H/b12-9+,21-15-. The summed E-state index contributed by atoms with van der Waals surface area (Å²) in [4.78, 5) is 39.4. The molecule has 8 nitrogen and oxygen atoms in total. The number of esters is 2. The molecule has 0 N–H and O–H groups in total. The number of carbonyl (C=O) groups excluding carboxylic acids is 2. The van der Waals surface area contributed by atoms with E-state index in [0.29, 0.717) is 21.2 Å². The molecule has 4 rings (SSSR count). The molecule has 3 aromatic rings. The van der Waals surface area contributed by atoms with E-state index in [2.05, 4.69) is 20.9 Å². The second-order valence-corrected chi connectivity index (χ2v) is 7.91. The number of hydrogen-bond acceptors (Lipinski definition) is 7. The molecule has 1 aliphatic rings. The number of carbonyl (C=O) groups is 2. The van der Waals surface area contributed by atoms with Gasteiger partial charge in [0.2, 0.25) is 5.90 Å². The number of hydrogen-bond donors (Lipinski definition) is 0. The quantitative estimate of drug-likeness (QED) is 0.143. The van der Waals surface area contributed by atoms with Crippen LogP contribution < -0.4 is 4.74 Å². The fraction of sp³-hybridized carbons (Fsp3) is 0. The molecule has 0 saturated heterocycles. The van der Waals surface area contributed by atoms with Gasteiger partial charge < -0.3 is 9.47 Å². The molecule has 1 heterocycles. The fourth-order valence-corrected chi connectivity index (χ4v) is 3.41. The smallest absolute Gasteiger partial charge is 0.363 e. The van der Waals surface area contributed by atoms with E-state index in [1.807, 2.05) is 6.07 Å². The Balaban J connectivity index is 1.56. The number of rotatable bonds is 6. The Kier molecular flexibility index (Phi) is 6.74. The Labute approximate surface area is 202 Å². The van der Waals surface area contributed by atoms with Gasteiger partial charge in [-0.3, -0.25) is 10.1 Å². The summed E-state index contributed by atoms with van der Waals surface area (Å²) in [6.45, 7) is 0. The van der Waals surface area contributed by atoms with Gasteiger partial charge in [0.05, 0.1) is 4.92 Å². The molecule has 0 atom stereocenters. The molecule has 9 heteroatoms. The predicted molar refractivity (Wildman–Crippen MR) is 129 cm³/mol. The number of ether oxygens (including phenoxy) is 2. The number of non-ortho nitro benzene ring substituents is 1. The second kappa shape index (κ2) is 10.1. The van der Waals surface area contributed by atoms with Gasteiger partial charge in [0.25, 0.3) is 5.69 Å². The second-order valence-electron chi connectivity index (χ2n) is 6.99. The van der Waals surface area contributed by atoms with Crippen LogP contribution in [0.15, 0.2) is 94.0 Å². The Bertz CT molecular complexity index is 1380. The highest BCUT2D eigenvalue weighted by atomic mass is 79.9. The van der Waals surface area contributed by atoms with Crippen LogP contribution in [0.5, 0.6) is 5.75 Å². The molecule has 1 aliphatic heterocycles. The summed E-state index contributed by atoms with van der Waals surface area (Å²) >= 11 is 3.36. The van der Waals surface area contributed by atoms with Crippen LogP contribution in [0.1, 0.15) is 16.7 Å². The van der Waals surface area contributed by atoms with Crippen molar-refractivity contribution in [2.75, 3.05) is 0 Å². The van der Waals surface area contributed by atoms with Crippen LogP contribution in [0.25, 0.3) is 12.2 Å². The lowest BCUT2D eigenvalue weighted by atomic mass is 10.1. The van der Waals surface area contributed by atoms with Crippen molar-refractivity contribution in [1.29, 1.82) is 0 Å². The number of benzene rings is 3. The van der Waals surface area contributed by atoms with Crippen LogP contribution in [0.4, 0.5) is 5.69 Å². The molecule has 0 saturated carbocycles. The number of nitro benzene ring substituents is 1. The van der Waals surface area contributed by atoms with E-state index in [0.717, 1.165) is 6.08 Å². The lowest BCUT2D eigenvalue weighted by Crippen LogP contribution is -2.06. The van der Waals surface area contributed by atoms with Crippen molar-refractivity contribution < 1.29 is 24.0 Å². The Morgan fingerprint density at radius 1 is 1.06 bits per heavy atom. The lowest BCUT2D eigenvalue weighted by molar-refractivity contribution is -0.384. The first-order valence-corrected chi connectivity index (χ1v) is 10.7. The van der Waals surface area contributed by atoms with Crippen LogP contribution in [0.2, 0.25) is 0 Å². The minimum atomic E-state index is -0.698. The zero-order valence-corrected chi connectivity index (χ0v) is 19.0. The van der Waals surface area contributed by atoms with Gasteiger partial charge in [0, 0.05) is 33.8 Å². The molecule has 0 radical (unpaired) electrons. The van der Waals surface area contributed by atoms with Crippen molar-refractivity contribution in [2.24, 2.45) is 4.99 Å². The highest BCUT2D eigenvalue weighted by molar-refractivity contribution is 9.10. The maximum atomic E-state index is 12.4. The zero-order chi connectivity index (χ0) is 24.1. The third-order valence-electron chi connectivity index (χ3n) is 4.61. The van der Waals surface area contributed by atoms with Crippen LogP contribution >= 0.6 is 15.9 Å². The molecule has 0 unspecified atom stereocenters. The first-order valence-electron chi connectivity index (χ1n) is 9.91. The van der Waals surface area contributed by atoms with E-state index in [1.165, 1.54) is 30.4 Å². The van der Waals surface area contributed by atoms with Gasteiger partial charge in [-0.05, 0) is 48.0 Å². The first-order chi connectivity index (χ1) is 16.4. The fourth-order valence-electron chi connectivity index (χ4n) is 3.03.